The van der Waals surface area contributed by atoms with Crippen molar-refractivity contribution >= 4 is 35.5 Å². The van der Waals surface area contributed by atoms with Crippen LogP contribution in [0.5, 0.6) is 5.75 Å². The average Bonchev–Trinajstić information content (AvgIpc) is 2.91. The van der Waals surface area contributed by atoms with E-state index < -0.39 is 5.91 Å². The normalized spacial score (nSPS) is 17.7. The molecule has 0 aliphatic carbocycles. The smallest absolute Gasteiger partial charge is 0.299 e. The number of carbonyl (C=O) groups excluding carboxylic acids is 1. The van der Waals surface area contributed by atoms with Crippen molar-refractivity contribution in [3.8, 4) is 5.75 Å². The van der Waals surface area contributed by atoms with Crippen LogP contribution in [-0.4, -0.2) is 35.9 Å². The largest absolute Gasteiger partial charge is 0.497 e. The Labute approximate surface area is 160 Å². The van der Waals surface area contributed by atoms with E-state index in [-0.39, 0.29) is 23.6 Å². The van der Waals surface area contributed by atoms with Crippen molar-refractivity contribution < 1.29 is 9.53 Å². The Kier molecular flexibility index (Phi) is 4.24. The second-order valence-corrected chi connectivity index (χ2v) is 5.93. The number of methoxy groups -OCH3 is 1. The standard InChI is InChI=1S/C19H17N7O2/c1-28-14-9-7-12(8-10-14)11-15-16(27)22-19-25(13-5-3-2-4-6-13)18(21)23-17(20)24-26(15)19/h2-11H,1H3,(H4,20,21,23,24)/b15-11+. The van der Waals surface area contributed by atoms with Crippen LogP contribution in [0.2, 0.25) is 0 Å². The summed E-state index contributed by atoms with van der Waals surface area (Å²) in [4.78, 5) is 22.4. The summed E-state index contributed by atoms with van der Waals surface area (Å²) in [6, 6.07) is 16.4. The number of guanidine groups is 3. The van der Waals surface area contributed by atoms with Crippen LogP contribution >= 0.6 is 0 Å². The van der Waals surface area contributed by atoms with E-state index in [9.17, 15) is 4.79 Å². The van der Waals surface area contributed by atoms with Crippen LogP contribution in [0, 0.1) is 0 Å². The SMILES string of the molecule is COc1ccc(/C=C2\C(=O)N=C3N2N=C(N)N=C(N)N3c2ccccc2)cc1. The number of rotatable bonds is 3. The number of nitrogens with two attached hydrogens (primary N) is 2. The van der Waals surface area contributed by atoms with Crippen molar-refractivity contribution in [2.45, 2.75) is 0 Å². The molecule has 2 aliphatic rings. The molecular weight excluding hydrogens is 358 g/mol. The van der Waals surface area contributed by atoms with Gasteiger partial charge >= 0.3 is 0 Å². The number of ether oxygens (including phenoxy) is 1. The number of fused-ring (bicyclic) bond motifs is 1. The van der Waals surface area contributed by atoms with Crippen molar-refractivity contribution in [1.82, 2.24) is 5.01 Å². The van der Waals surface area contributed by atoms with Gasteiger partial charge in [-0.3, -0.25) is 4.79 Å². The summed E-state index contributed by atoms with van der Waals surface area (Å²) in [5.74, 6) is 0.437. The van der Waals surface area contributed by atoms with Gasteiger partial charge in [-0.2, -0.15) is 15.0 Å². The highest BCUT2D eigenvalue weighted by Gasteiger charge is 2.37. The van der Waals surface area contributed by atoms with Gasteiger partial charge in [-0.1, -0.05) is 30.3 Å². The quantitative estimate of drug-likeness (QED) is 0.780. The van der Waals surface area contributed by atoms with Gasteiger partial charge < -0.3 is 16.2 Å². The molecule has 0 bridgehead atoms. The minimum Gasteiger partial charge on any atom is -0.497 e. The molecule has 28 heavy (non-hydrogen) atoms. The lowest BCUT2D eigenvalue weighted by Crippen LogP contribution is -2.45. The number of hydrogen-bond acceptors (Lipinski definition) is 8. The van der Waals surface area contributed by atoms with E-state index in [0.717, 1.165) is 5.56 Å². The third-order valence-electron chi connectivity index (χ3n) is 4.13. The Morgan fingerprint density at radius 1 is 1.00 bits per heavy atom. The van der Waals surface area contributed by atoms with Gasteiger partial charge in [0.05, 0.1) is 12.8 Å². The first kappa shape index (κ1) is 17.3. The predicted molar refractivity (Wildman–Crippen MR) is 107 cm³/mol. The molecule has 4 N–H and O–H groups in total. The molecule has 0 aromatic heterocycles. The lowest BCUT2D eigenvalue weighted by Gasteiger charge is -2.24. The highest BCUT2D eigenvalue weighted by Crippen LogP contribution is 2.27. The Hall–Kier alpha value is -4.14. The molecule has 0 atom stereocenters. The Balaban J connectivity index is 1.78. The van der Waals surface area contributed by atoms with Crippen molar-refractivity contribution in [3.63, 3.8) is 0 Å². The monoisotopic (exact) mass is 375 g/mol. The lowest BCUT2D eigenvalue weighted by atomic mass is 10.2. The summed E-state index contributed by atoms with van der Waals surface area (Å²) in [6.45, 7) is 0. The molecule has 2 aliphatic heterocycles. The number of nitrogens with zero attached hydrogens (tertiary/aromatic N) is 5. The molecule has 0 radical (unpaired) electrons. The number of amides is 1. The zero-order valence-corrected chi connectivity index (χ0v) is 15.0. The topological polar surface area (TPSA) is 122 Å². The van der Waals surface area contributed by atoms with Gasteiger partial charge in [0.2, 0.25) is 17.9 Å². The van der Waals surface area contributed by atoms with Crippen LogP contribution < -0.4 is 21.1 Å². The minimum absolute atomic E-state index is 0.0622. The first-order valence-corrected chi connectivity index (χ1v) is 8.39. The van der Waals surface area contributed by atoms with E-state index >= 15 is 0 Å². The number of benzene rings is 2. The summed E-state index contributed by atoms with van der Waals surface area (Å²) < 4.78 is 5.16. The first-order chi connectivity index (χ1) is 13.6. The molecule has 2 aromatic carbocycles. The van der Waals surface area contributed by atoms with Crippen LogP contribution in [0.15, 0.2) is 75.4 Å². The van der Waals surface area contributed by atoms with Crippen LogP contribution in [0.1, 0.15) is 5.56 Å². The molecule has 9 nitrogen and oxygen atoms in total. The summed E-state index contributed by atoms with van der Waals surface area (Å²) in [6.07, 6.45) is 1.67. The van der Waals surface area contributed by atoms with Gasteiger partial charge in [0.1, 0.15) is 11.4 Å². The molecule has 2 aromatic rings. The summed E-state index contributed by atoms with van der Waals surface area (Å²) in [5, 5.41) is 5.55. The van der Waals surface area contributed by atoms with E-state index in [2.05, 4.69) is 15.1 Å². The third kappa shape index (κ3) is 3.05. The van der Waals surface area contributed by atoms with Crippen molar-refractivity contribution in [1.29, 1.82) is 0 Å². The van der Waals surface area contributed by atoms with E-state index in [4.69, 9.17) is 16.2 Å². The van der Waals surface area contributed by atoms with Crippen molar-refractivity contribution in [2.75, 3.05) is 12.0 Å². The summed E-state index contributed by atoms with van der Waals surface area (Å²) >= 11 is 0. The second kappa shape index (κ2) is 6.88. The van der Waals surface area contributed by atoms with Gasteiger partial charge in [-0.15, -0.1) is 5.10 Å². The highest BCUT2D eigenvalue weighted by molar-refractivity contribution is 6.27. The molecule has 4 rings (SSSR count). The molecule has 1 amide bonds. The summed E-state index contributed by atoms with van der Waals surface area (Å²) in [5.41, 5.74) is 13.6. The van der Waals surface area contributed by atoms with Gasteiger partial charge in [-0.25, -0.2) is 4.90 Å². The summed E-state index contributed by atoms with van der Waals surface area (Å²) in [7, 11) is 1.59. The van der Waals surface area contributed by atoms with Crippen LogP contribution in [0.25, 0.3) is 6.08 Å². The maximum absolute atomic E-state index is 12.6. The number of aliphatic imine (C=N–C) groups is 2. The van der Waals surface area contributed by atoms with Crippen LogP contribution in [0.3, 0.4) is 0 Å². The average molecular weight is 375 g/mol. The fourth-order valence-electron chi connectivity index (χ4n) is 2.84. The minimum atomic E-state index is -0.460. The van der Waals surface area contributed by atoms with Gasteiger partial charge in [0.25, 0.3) is 5.91 Å². The maximum Gasteiger partial charge on any atom is 0.299 e. The zero-order valence-electron chi connectivity index (χ0n) is 15.0. The fourth-order valence-corrected chi connectivity index (χ4v) is 2.84. The highest BCUT2D eigenvalue weighted by atomic mass is 16.5. The van der Waals surface area contributed by atoms with E-state index in [1.165, 1.54) is 9.91 Å². The van der Waals surface area contributed by atoms with Gasteiger partial charge in [-0.05, 0) is 35.9 Å². The molecule has 0 saturated carbocycles. The number of hydrogen-bond donors (Lipinski definition) is 2. The number of para-hydroxylation sites is 1. The maximum atomic E-state index is 12.6. The molecule has 140 valence electrons. The Morgan fingerprint density at radius 2 is 1.71 bits per heavy atom. The van der Waals surface area contributed by atoms with Gasteiger partial charge in [0, 0.05) is 0 Å². The fraction of sp³-hybridized carbons (Fsp3) is 0.0526. The van der Waals surface area contributed by atoms with Crippen molar-refractivity contribution in [2.24, 2.45) is 26.6 Å². The van der Waals surface area contributed by atoms with Crippen molar-refractivity contribution in [3.05, 3.63) is 65.9 Å². The molecule has 0 spiro atoms. The molecule has 0 fully saturated rings. The molecule has 0 saturated heterocycles. The molecule has 0 unspecified atom stereocenters. The van der Waals surface area contributed by atoms with Crippen LogP contribution in [-0.2, 0) is 4.79 Å². The number of hydrazone groups is 1. The van der Waals surface area contributed by atoms with Gasteiger partial charge in [0.15, 0.2) is 0 Å². The Morgan fingerprint density at radius 3 is 2.39 bits per heavy atom. The van der Waals surface area contributed by atoms with E-state index in [1.54, 1.807) is 25.3 Å². The number of carbonyl (C=O) groups is 1. The molecular formula is C19H17N7O2. The first-order valence-electron chi connectivity index (χ1n) is 8.39. The predicted octanol–water partition coefficient (Wildman–Crippen LogP) is 1.30. The Bertz CT molecular complexity index is 1040. The van der Waals surface area contributed by atoms with E-state index in [1.807, 2.05) is 42.5 Å². The third-order valence-corrected chi connectivity index (χ3v) is 4.13. The second-order valence-electron chi connectivity index (χ2n) is 5.93. The lowest BCUT2D eigenvalue weighted by molar-refractivity contribution is -0.114. The zero-order chi connectivity index (χ0) is 19.7. The van der Waals surface area contributed by atoms with Crippen LogP contribution in [0.4, 0.5) is 5.69 Å². The molecule has 9 heteroatoms. The number of anilines is 1. The van der Waals surface area contributed by atoms with E-state index in [0.29, 0.717) is 11.4 Å². The molecule has 2 heterocycles.